The van der Waals surface area contributed by atoms with Crippen LogP contribution < -0.4 is 10.2 Å². The second-order valence-corrected chi connectivity index (χ2v) is 7.49. The number of rotatable bonds is 4. The summed E-state index contributed by atoms with van der Waals surface area (Å²) < 4.78 is 5.49. The van der Waals surface area contributed by atoms with E-state index in [2.05, 4.69) is 15.2 Å². The molecule has 0 atom stereocenters. The van der Waals surface area contributed by atoms with Gasteiger partial charge in [0.2, 0.25) is 0 Å². The molecule has 6 nitrogen and oxygen atoms in total. The van der Waals surface area contributed by atoms with Gasteiger partial charge in [-0.15, -0.1) is 0 Å². The Morgan fingerprint density at radius 2 is 1.85 bits per heavy atom. The van der Waals surface area contributed by atoms with Gasteiger partial charge in [-0.3, -0.25) is 9.59 Å². The Balaban J connectivity index is 1.52. The molecule has 3 heterocycles. The summed E-state index contributed by atoms with van der Waals surface area (Å²) in [6, 6.07) is 10.5. The molecule has 1 N–H and O–H groups in total. The number of nitrogens with zero attached hydrogens (tertiary/aromatic N) is 2. The molecule has 4 rings (SSSR count). The summed E-state index contributed by atoms with van der Waals surface area (Å²) in [5.74, 6) is 0.554. The third kappa shape index (κ3) is 3.57. The second-order valence-electron chi connectivity index (χ2n) is 7.49. The molecule has 1 aromatic heterocycles. The molecule has 0 saturated carbocycles. The van der Waals surface area contributed by atoms with E-state index >= 15 is 0 Å². The van der Waals surface area contributed by atoms with E-state index in [9.17, 15) is 9.59 Å². The number of amides is 1. The van der Waals surface area contributed by atoms with Crippen molar-refractivity contribution < 1.29 is 14.3 Å². The minimum atomic E-state index is -0.190. The lowest BCUT2D eigenvalue weighted by molar-refractivity contribution is -0.000517. The molecule has 140 valence electrons. The number of carbonyl (C=O) groups excluding carboxylic acids is 2. The monoisotopic (exact) mass is 365 g/mol. The number of pyridine rings is 1. The van der Waals surface area contributed by atoms with Crippen LogP contribution in [0.15, 0.2) is 36.4 Å². The summed E-state index contributed by atoms with van der Waals surface area (Å²) in [5.41, 5.74) is 3.00. The average Bonchev–Trinajstić information content (AvgIpc) is 2.67. The maximum atomic E-state index is 12.8. The number of hydrogen-bond donors (Lipinski definition) is 1. The number of nitrogens with one attached hydrogen (secondary N) is 1. The molecular weight excluding hydrogens is 342 g/mol. The van der Waals surface area contributed by atoms with E-state index in [1.54, 1.807) is 24.3 Å². The first kappa shape index (κ1) is 17.7. The fourth-order valence-corrected chi connectivity index (χ4v) is 3.84. The zero-order valence-electron chi connectivity index (χ0n) is 15.4. The average molecular weight is 365 g/mol. The highest BCUT2D eigenvalue weighted by atomic mass is 16.5. The number of aldehydes is 1. The third-order valence-corrected chi connectivity index (χ3v) is 5.47. The van der Waals surface area contributed by atoms with Gasteiger partial charge in [0.05, 0.1) is 5.56 Å². The number of hydrogen-bond acceptors (Lipinski definition) is 5. The first-order valence-electron chi connectivity index (χ1n) is 9.26. The number of aromatic nitrogens is 1. The van der Waals surface area contributed by atoms with Crippen molar-refractivity contribution in [3.63, 3.8) is 0 Å². The molecular formula is C21H23N3O3. The predicted molar refractivity (Wildman–Crippen MR) is 103 cm³/mol. The SMILES string of the molecule is Cc1ccc(C(=O)Nc2ccc(C=O)cc2)c(N2CC3(CCOCC3)C2)n1. The molecule has 2 aliphatic rings. The molecule has 2 aliphatic heterocycles. The topological polar surface area (TPSA) is 71.5 Å². The minimum absolute atomic E-state index is 0.190. The van der Waals surface area contributed by atoms with Crippen LogP contribution in [0.2, 0.25) is 0 Å². The molecule has 0 unspecified atom stereocenters. The Labute approximate surface area is 158 Å². The molecule has 27 heavy (non-hydrogen) atoms. The minimum Gasteiger partial charge on any atom is -0.381 e. The standard InChI is InChI=1S/C21H23N3O3/c1-15-2-7-18(20(26)23-17-5-3-16(12-25)4-6-17)19(22-15)24-13-21(14-24)8-10-27-11-9-21/h2-7,12H,8-11,13-14H2,1H3,(H,23,26). The second kappa shape index (κ2) is 7.12. The van der Waals surface area contributed by atoms with Crippen LogP contribution in [0.4, 0.5) is 11.5 Å². The summed E-state index contributed by atoms with van der Waals surface area (Å²) >= 11 is 0. The lowest BCUT2D eigenvalue weighted by Crippen LogP contribution is -2.59. The van der Waals surface area contributed by atoms with Crippen molar-refractivity contribution in [2.45, 2.75) is 19.8 Å². The van der Waals surface area contributed by atoms with Crippen molar-refractivity contribution in [1.29, 1.82) is 0 Å². The Morgan fingerprint density at radius 1 is 1.15 bits per heavy atom. The van der Waals surface area contributed by atoms with Crippen LogP contribution in [-0.4, -0.2) is 43.5 Å². The Kier molecular flexibility index (Phi) is 4.66. The number of carbonyl (C=O) groups is 2. The van der Waals surface area contributed by atoms with E-state index in [0.717, 1.165) is 56.9 Å². The van der Waals surface area contributed by atoms with Crippen LogP contribution in [0.1, 0.15) is 39.3 Å². The van der Waals surface area contributed by atoms with Crippen LogP contribution in [0.5, 0.6) is 0 Å². The Hall–Kier alpha value is -2.73. The van der Waals surface area contributed by atoms with Crippen LogP contribution in [0.25, 0.3) is 0 Å². The van der Waals surface area contributed by atoms with Crippen molar-refractivity contribution in [2.24, 2.45) is 5.41 Å². The molecule has 2 fully saturated rings. The van der Waals surface area contributed by atoms with Crippen LogP contribution in [-0.2, 0) is 4.74 Å². The largest absolute Gasteiger partial charge is 0.381 e. The maximum Gasteiger partial charge on any atom is 0.259 e. The first-order chi connectivity index (χ1) is 13.1. The van der Waals surface area contributed by atoms with E-state index in [4.69, 9.17) is 4.74 Å². The van der Waals surface area contributed by atoms with Crippen LogP contribution >= 0.6 is 0 Å². The van der Waals surface area contributed by atoms with Crippen molar-refractivity contribution in [3.05, 3.63) is 53.2 Å². The highest BCUT2D eigenvalue weighted by Crippen LogP contribution is 2.42. The highest BCUT2D eigenvalue weighted by molar-refractivity contribution is 6.07. The zero-order chi connectivity index (χ0) is 18.9. The molecule has 0 bridgehead atoms. The summed E-state index contributed by atoms with van der Waals surface area (Å²) in [7, 11) is 0. The van der Waals surface area contributed by atoms with Crippen LogP contribution in [0.3, 0.4) is 0 Å². The lowest BCUT2D eigenvalue weighted by Gasteiger charge is -2.53. The highest BCUT2D eigenvalue weighted by Gasteiger charge is 2.45. The van der Waals surface area contributed by atoms with E-state index in [1.807, 2.05) is 19.1 Å². The maximum absolute atomic E-state index is 12.8. The van der Waals surface area contributed by atoms with E-state index < -0.39 is 0 Å². The van der Waals surface area contributed by atoms with Gasteiger partial charge in [0.25, 0.3) is 5.91 Å². The normalized spacial score (nSPS) is 18.0. The first-order valence-corrected chi connectivity index (χ1v) is 9.26. The van der Waals surface area contributed by atoms with Gasteiger partial charge in [-0.25, -0.2) is 4.98 Å². The van der Waals surface area contributed by atoms with Gasteiger partial charge in [0.15, 0.2) is 0 Å². The van der Waals surface area contributed by atoms with Gasteiger partial charge < -0.3 is 15.0 Å². The van der Waals surface area contributed by atoms with Gasteiger partial charge >= 0.3 is 0 Å². The quantitative estimate of drug-likeness (QED) is 0.843. The van der Waals surface area contributed by atoms with Gasteiger partial charge in [-0.05, 0) is 56.2 Å². The number of aryl methyl sites for hydroxylation is 1. The fourth-order valence-electron chi connectivity index (χ4n) is 3.84. The van der Waals surface area contributed by atoms with Crippen molar-refractivity contribution >= 4 is 23.7 Å². The number of ether oxygens (including phenoxy) is 1. The molecule has 2 aromatic rings. The molecule has 2 saturated heterocycles. The van der Waals surface area contributed by atoms with Gasteiger partial charge in [0, 0.05) is 48.7 Å². The van der Waals surface area contributed by atoms with E-state index in [0.29, 0.717) is 22.2 Å². The van der Waals surface area contributed by atoms with Gasteiger partial charge in [0.1, 0.15) is 12.1 Å². The van der Waals surface area contributed by atoms with Crippen molar-refractivity contribution in [2.75, 3.05) is 36.5 Å². The van der Waals surface area contributed by atoms with E-state index in [-0.39, 0.29) is 5.91 Å². The fraction of sp³-hybridized carbons (Fsp3) is 0.381. The van der Waals surface area contributed by atoms with Crippen molar-refractivity contribution in [1.82, 2.24) is 4.98 Å². The van der Waals surface area contributed by atoms with Gasteiger partial charge in [-0.1, -0.05) is 0 Å². The zero-order valence-corrected chi connectivity index (χ0v) is 15.4. The molecule has 0 aliphatic carbocycles. The van der Waals surface area contributed by atoms with Gasteiger partial charge in [-0.2, -0.15) is 0 Å². The van der Waals surface area contributed by atoms with E-state index in [1.165, 1.54) is 0 Å². The molecule has 1 amide bonds. The lowest BCUT2D eigenvalue weighted by atomic mass is 9.73. The predicted octanol–water partition coefficient (Wildman–Crippen LogP) is 3.07. The third-order valence-electron chi connectivity index (χ3n) is 5.47. The summed E-state index contributed by atoms with van der Waals surface area (Å²) in [6.45, 7) is 5.41. The Bertz CT molecular complexity index is 849. The Morgan fingerprint density at radius 3 is 2.52 bits per heavy atom. The van der Waals surface area contributed by atoms with Crippen LogP contribution in [0, 0.1) is 12.3 Å². The molecule has 1 aromatic carbocycles. The summed E-state index contributed by atoms with van der Waals surface area (Å²) in [5, 5.41) is 2.90. The summed E-state index contributed by atoms with van der Waals surface area (Å²) in [4.78, 5) is 30.5. The molecule has 1 spiro atoms. The number of anilines is 2. The smallest absolute Gasteiger partial charge is 0.259 e. The summed E-state index contributed by atoms with van der Waals surface area (Å²) in [6.07, 6.45) is 2.92. The van der Waals surface area contributed by atoms with Crippen molar-refractivity contribution in [3.8, 4) is 0 Å². The number of benzene rings is 1. The molecule has 0 radical (unpaired) electrons. The molecule has 6 heteroatoms.